The average Bonchev–Trinajstić information content (AvgIpc) is 2.98. The summed E-state index contributed by atoms with van der Waals surface area (Å²) in [6.07, 6.45) is 2.93. The molecule has 1 aromatic rings. The van der Waals surface area contributed by atoms with Crippen LogP contribution in [0.4, 0.5) is 5.69 Å². The number of amides is 2. The van der Waals surface area contributed by atoms with Gasteiger partial charge in [0.05, 0.1) is 17.2 Å². The van der Waals surface area contributed by atoms with Crippen LogP contribution in [0.25, 0.3) is 0 Å². The molecule has 2 aliphatic rings. The molecule has 19 heavy (non-hydrogen) atoms. The van der Waals surface area contributed by atoms with Crippen molar-refractivity contribution >= 4 is 17.5 Å². The van der Waals surface area contributed by atoms with E-state index in [0.29, 0.717) is 29.8 Å². The number of imide groups is 1. The molecule has 1 aromatic carbocycles. The Kier molecular flexibility index (Phi) is 2.98. The van der Waals surface area contributed by atoms with Crippen molar-refractivity contribution in [2.45, 2.75) is 25.4 Å². The third-order valence-electron chi connectivity index (χ3n) is 3.73. The van der Waals surface area contributed by atoms with Crippen LogP contribution in [0.3, 0.4) is 0 Å². The third-order valence-corrected chi connectivity index (χ3v) is 3.73. The SMILES string of the molecule is Nc1cccc2c1C(=O)N(CCC1CCCO1)C2=O. The van der Waals surface area contributed by atoms with E-state index >= 15 is 0 Å². The molecule has 0 radical (unpaired) electrons. The summed E-state index contributed by atoms with van der Waals surface area (Å²) in [6.45, 7) is 1.18. The highest BCUT2D eigenvalue weighted by Gasteiger charge is 2.37. The molecule has 100 valence electrons. The molecule has 1 fully saturated rings. The third kappa shape index (κ3) is 2.00. The highest BCUT2D eigenvalue weighted by atomic mass is 16.5. The molecule has 3 rings (SSSR count). The van der Waals surface area contributed by atoms with Gasteiger partial charge in [0.25, 0.3) is 11.8 Å². The topological polar surface area (TPSA) is 72.6 Å². The maximum atomic E-state index is 12.2. The molecule has 5 heteroatoms. The number of benzene rings is 1. The number of nitrogen functional groups attached to an aromatic ring is 1. The predicted molar refractivity (Wildman–Crippen MR) is 69.8 cm³/mol. The lowest BCUT2D eigenvalue weighted by molar-refractivity contribution is 0.0592. The van der Waals surface area contributed by atoms with Gasteiger partial charge in [-0.3, -0.25) is 14.5 Å². The Morgan fingerprint density at radius 3 is 2.84 bits per heavy atom. The molecule has 1 saturated heterocycles. The fourth-order valence-electron chi connectivity index (χ4n) is 2.71. The van der Waals surface area contributed by atoms with E-state index in [1.165, 1.54) is 4.90 Å². The van der Waals surface area contributed by atoms with Crippen molar-refractivity contribution in [3.05, 3.63) is 29.3 Å². The molecule has 2 amide bonds. The van der Waals surface area contributed by atoms with Gasteiger partial charge in [-0.25, -0.2) is 0 Å². The number of carbonyl (C=O) groups excluding carboxylic acids is 2. The first-order valence-electron chi connectivity index (χ1n) is 6.55. The van der Waals surface area contributed by atoms with Crippen molar-refractivity contribution in [2.75, 3.05) is 18.9 Å². The second-order valence-electron chi connectivity index (χ2n) is 4.96. The zero-order valence-corrected chi connectivity index (χ0v) is 10.6. The van der Waals surface area contributed by atoms with Crippen LogP contribution in [0, 0.1) is 0 Å². The predicted octanol–water partition coefficient (Wildman–Crippen LogP) is 1.43. The van der Waals surface area contributed by atoms with E-state index in [1.807, 2.05) is 0 Å². The second-order valence-corrected chi connectivity index (χ2v) is 4.96. The van der Waals surface area contributed by atoms with Crippen LogP contribution < -0.4 is 5.73 Å². The van der Waals surface area contributed by atoms with Crippen LogP contribution >= 0.6 is 0 Å². The Morgan fingerprint density at radius 1 is 1.32 bits per heavy atom. The standard InChI is InChI=1S/C14H16N2O3/c15-11-5-1-4-10-12(11)14(18)16(13(10)17)7-6-9-3-2-8-19-9/h1,4-5,9H,2-3,6-8,15H2. The number of hydrogen-bond donors (Lipinski definition) is 1. The molecular weight excluding hydrogens is 244 g/mol. The molecule has 2 aliphatic heterocycles. The maximum Gasteiger partial charge on any atom is 0.263 e. The molecule has 0 aliphatic carbocycles. The van der Waals surface area contributed by atoms with Gasteiger partial charge in [0, 0.05) is 18.8 Å². The molecule has 5 nitrogen and oxygen atoms in total. The van der Waals surface area contributed by atoms with Crippen molar-refractivity contribution in [3.8, 4) is 0 Å². The normalized spacial score (nSPS) is 22.1. The maximum absolute atomic E-state index is 12.2. The number of nitrogens with two attached hydrogens (primary N) is 1. The van der Waals surface area contributed by atoms with E-state index < -0.39 is 0 Å². The highest BCUT2D eigenvalue weighted by Crippen LogP contribution is 2.28. The van der Waals surface area contributed by atoms with E-state index in [1.54, 1.807) is 18.2 Å². The summed E-state index contributed by atoms with van der Waals surface area (Å²) in [5.74, 6) is -0.526. The summed E-state index contributed by atoms with van der Waals surface area (Å²) >= 11 is 0. The molecule has 2 N–H and O–H groups in total. The van der Waals surface area contributed by atoms with Gasteiger partial charge < -0.3 is 10.5 Å². The lowest BCUT2D eigenvalue weighted by Crippen LogP contribution is -2.32. The Bertz CT molecular complexity index is 535. The fourth-order valence-corrected chi connectivity index (χ4v) is 2.71. The van der Waals surface area contributed by atoms with Crippen LogP contribution in [-0.4, -0.2) is 36.0 Å². The number of ether oxygens (including phenoxy) is 1. The number of fused-ring (bicyclic) bond motifs is 1. The Hall–Kier alpha value is -1.88. The molecular formula is C14H16N2O3. The summed E-state index contributed by atoms with van der Waals surface area (Å²) in [5.41, 5.74) is 6.91. The number of hydrogen-bond acceptors (Lipinski definition) is 4. The van der Waals surface area contributed by atoms with Crippen molar-refractivity contribution < 1.29 is 14.3 Å². The lowest BCUT2D eigenvalue weighted by atomic mass is 10.1. The molecule has 0 bridgehead atoms. The Morgan fingerprint density at radius 2 is 2.16 bits per heavy atom. The zero-order valence-electron chi connectivity index (χ0n) is 10.6. The summed E-state index contributed by atoms with van der Waals surface area (Å²) in [5, 5.41) is 0. The van der Waals surface area contributed by atoms with Gasteiger partial charge >= 0.3 is 0 Å². The van der Waals surface area contributed by atoms with Crippen LogP contribution in [-0.2, 0) is 4.74 Å². The first-order valence-corrected chi connectivity index (χ1v) is 6.55. The van der Waals surface area contributed by atoms with Crippen LogP contribution in [0.2, 0.25) is 0 Å². The average molecular weight is 260 g/mol. The molecule has 1 atom stereocenters. The first kappa shape index (κ1) is 12.2. The Balaban J connectivity index is 1.76. The van der Waals surface area contributed by atoms with Crippen LogP contribution in [0.15, 0.2) is 18.2 Å². The molecule has 0 aromatic heterocycles. The van der Waals surface area contributed by atoms with Crippen LogP contribution in [0.1, 0.15) is 40.0 Å². The largest absolute Gasteiger partial charge is 0.398 e. The molecule has 2 heterocycles. The number of nitrogens with zero attached hydrogens (tertiary/aromatic N) is 1. The zero-order chi connectivity index (χ0) is 13.4. The van der Waals surface area contributed by atoms with Crippen molar-refractivity contribution in [1.29, 1.82) is 0 Å². The minimum Gasteiger partial charge on any atom is -0.398 e. The van der Waals surface area contributed by atoms with Gasteiger partial charge in [0.2, 0.25) is 0 Å². The summed E-state index contributed by atoms with van der Waals surface area (Å²) in [6, 6.07) is 4.99. The minimum atomic E-state index is -0.281. The minimum absolute atomic E-state index is 0.168. The number of rotatable bonds is 3. The van der Waals surface area contributed by atoms with Gasteiger partial charge in [0.15, 0.2) is 0 Å². The van der Waals surface area contributed by atoms with Crippen LogP contribution in [0.5, 0.6) is 0 Å². The van der Waals surface area contributed by atoms with Crippen molar-refractivity contribution in [1.82, 2.24) is 4.90 Å². The van der Waals surface area contributed by atoms with Gasteiger partial charge in [-0.1, -0.05) is 6.07 Å². The van der Waals surface area contributed by atoms with E-state index in [2.05, 4.69) is 0 Å². The lowest BCUT2D eigenvalue weighted by Gasteiger charge is -2.16. The summed E-state index contributed by atoms with van der Waals surface area (Å²) < 4.78 is 5.51. The van der Waals surface area contributed by atoms with Crippen molar-refractivity contribution in [3.63, 3.8) is 0 Å². The second kappa shape index (κ2) is 4.66. The summed E-state index contributed by atoms with van der Waals surface area (Å²) in [7, 11) is 0. The highest BCUT2D eigenvalue weighted by molar-refractivity contribution is 6.23. The smallest absolute Gasteiger partial charge is 0.263 e. The quantitative estimate of drug-likeness (QED) is 0.659. The van der Waals surface area contributed by atoms with E-state index in [-0.39, 0.29) is 17.9 Å². The monoisotopic (exact) mass is 260 g/mol. The summed E-state index contributed by atoms with van der Waals surface area (Å²) in [4.78, 5) is 25.7. The number of anilines is 1. The fraction of sp³-hybridized carbons (Fsp3) is 0.429. The number of carbonyl (C=O) groups is 2. The molecule has 0 saturated carbocycles. The van der Waals surface area contributed by atoms with Gasteiger partial charge in [-0.05, 0) is 31.4 Å². The van der Waals surface area contributed by atoms with E-state index in [0.717, 1.165) is 19.4 Å². The molecule has 0 spiro atoms. The van der Waals surface area contributed by atoms with E-state index in [9.17, 15) is 9.59 Å². The Labute approximate surface area is 111 Å². The van der Waals surface area contributed by atoms with Gasteiger partial charge in [-0.15, -0.1) is 0 Å². The molecule has 1 unspecified atom stereocenters. The first-order chi connectivity index (χ1) is 9.18. The van der Waals surface area contributed by atoms with Crippen molar-refractivity contribution in [2.24, 2.45) is 0 Å². The van der Waals surface area contributed by atoms with Gasteiger partial charge in [-0.2, -0.15) is 0 Å². The van der Waals surface area contributed by atoms with E-state index in [4.69, 9.17) is 10.5 Å². The van der Waals surface area contributed by atoms with Gasteiger partial charge in [0.1, 0.15) is 0 Å².